The second-order valence-corrected chi connectivity index (χ2v) is 9.41. The Balaban J connectivity index is 1.82. The first-order valence-electron chi connectivity index (χ1n) is 9.53. The van der Waals surface area contributed by atoms with Crippen LogP contribution in [0.5, 0.6) is 11.5 Å². The summed E-state index contributed by atoms with van der Waals surface area (Å²) in [4.78, 5) is 12.8. The number of hydrogen-bond donors (Lipinski definition) is 1. The molecule has 0 aromatic heterocycles. The number of thiocarbonyl (C=S) groups is 1. The van der Waals surface area contributed by atoms with E-state index < -0.39 is 0 Å². The van der Waals surface area contributed by atoms with Gasteiger partial charge in [0.15, 0.2) is 11.5 Å². The molecule has 0 unspecified atom stereocenters. The molecule has 0 radical (unpaired) electrons. The molecule has 0 aliphatic carbocycles. The maximum absolute atomic E-state index is 12.3. The van der Waals surface area contributed by atoms with Crippen LogP contribution in [0.25, 0.3) is 17.2 Å². The number of ether oxygens (including phenoxy) is 2. The largest absolute Gasteiger partial charge is 0.493 e. The number of rotatable bonds is 6. The number of thioether (sulfide) groups is 1. The lowest BCUT2D eigenvalue weighted by Crippen LogP contribution is -2.17. The SMILES string of the molecule is COc1cc(-c2ccc(Cl)cc2Cl)cc(C=C2SC(=S)NC2=O)c1OCc1ccccc1. The predicted octanol–water partition coefficient (Wildman–Crippen LogP) is 6.74. The van der Waals surface area contributed by atoms with Gasteiger partial charge in [0.25, 0.3) is 5.91 Å². The molecule has 3 aromatic rings. The van der Waals surface area contributed by atoms with Crippen molar-refractivity contribution in [3.63, 3.8) is 0 Å². The Labute approximate surface area is 205 Å². The topological polar surface area (TPSA) is 47.6 Å². The van der Waals surface area contributed by atoms with Crippen LogP contribution in [-0.4, -0.2) is 17.3 Å². The van der Waals surface area contributed by atoms with Gasteiger partial charge in [-0.3, -0.25) is 4.79 Å². The van der Waals surface area contributed by atoms with E-state index in [1.165, 1.54) is 11.8 Å². The van der Waals surface area contributed by atoms with Crippen LogP contribution in [-0.2, 0) is 11.4 Å². The van der Waals surface area contributed by atoms with Crippen LogP contribution in [0, 0.1) is 0 Å². The Bertz CT molecular complexity index is 1230. The molecule has 1 heterocycles. The van der Waals surface area contributed by atoms with E-state index in [0.717, 1.165) is 16.7 Å². The van der Waals surface area contributed by atoms with E-state index in [2.05, 4.69) is 5.32 Å². The maximum Gasteiger partial charge on any atom is 0.263 e. The van der Waals surface area contributed by atoms with Crippen molar-refractivity contribution < 1.29 is 14.3 Å². The molecule has 4 nitrogen and oxygen atoms in total. The molecule has 1 aliphatic heterocycles. The van der Waals surface area contributed by atoms with Crippen molar-refractivity contribution in [2.45, 2.75) is 6.61 Å². The summed E-state index contributed by atoms with van der Waals surface area (Å²) in [6.45, 7) is 0.339. The van der Waals surface area contributed by atoms with Crippen molar-refractivity contribution in [1.82, 2.24) is 5.32 Å². The summed E-state index contributed by atoms with van der Waals surface area (Å²) >= 11 is 18.8. The first kappa shape index (κ1) is 22.7. The molecule has 1 amide bonds. The lowest BCUT2D eigenvalue weighted by atomic mass is 10.0. The molecule has 32 heavy (non-hydrogen) atoms. The van der Waals surface area contributed by atoms with Crippen molar-refractivity contribution in [3.8, 4) is 22.6 Å². The fraction of sp³-hybridized carbons (Fsp3) is 0.0833. The Kier molecular flexibility index (Phi) is 7.06. The van der Waals surface area contributed by atoms with Gasteiger partial charge in [0, 0.05) is 21.2 Å². The van der Waals surface area contributed by atoms with Gasteiger partial charge in [-0.15, -0.1) is 0 Å². The highest BCUT2D eigenvalue weighted by Crippen LogP contribution is 2.41. The van der Waals surface area contributed by atoms with Crippen molar-refractivity contribution in [2.24, 2.45) is 0 Å². The van der Waals surface area contributed by atoms with Crippen molar-refractivity contribution in [1.29, 1.82) is 0 Å². The fourth-order valence-electron chi connectivity index (χ4n) is 3.21. The number of nitrogens with one attached hydrogen (secondary N) is 1. The standard InChI is InChI=1S/C24H17Cl2NO3S2/c1-29-20-10-15(18-8-7-17(25)12-19(18)26)9-16(11-21-23(28)27-24(31)32-21)22(20)30-13-14-5-3-2-4-6-14/h2-12H,13H2,1H3,(H,27,28,31). The van der Waals surface area contributed by atoms with Crippen LogP contribution in [0.2, 0.25) is 10.0 Å². The molecule has 1 saturated heterocycles. The third-order valence-corrected chi connectivity index (χ3v) is 6.41. The van der Waals surface area contributed by atoms with Gasteiger partial charge in [0.2, 0.25) is 0 Å². The zero-order valence-electron chi connectivity index (χ0n) is 16.9. The number of benzene rings is 3. The van der Waals surface area contributed by atoms with Crippen LogP contribution < -0.4 is 14.8 Å². The molecule has 4 rings (SSSR count). The molecule has 0 saturated carbocycles. The molecular formula is C24H17Cl2NO3S2. The monoisotopic (exact) mass is 501 g/mol. The summed E-state index contributed by atoms with van der Waals surface area (Å²) in [5, 5.41) is 3.68. The Morgan fingerprint density at radius 2 is 1.88 bits per heavy atom. The Hall–Kier alpha value is -2.51. The molecule has 3 aromatic carbocycles. The molecule has 0 atom stereocenters. The highest BCUT2D eigenvalue weighted by Gasteiger charge is 2.24. The van der Waals surface area contributed by atoms with Gasteiger partial charge in [-0.05, 0) is 41.5 Å². The summed E-state index contributed by atoms with van der Waals surface area (Å²) in [5.41, 5.74) is 3.26. The average molecular weight is 502 g/mol. The molecule has 1 aliphatic rings. The molecule has 1 N–H and O–H groups in total. The minimum absolute atomic E-state index is 0.247. The van der Waals surface area contributed by atoms with Crippen LogP contribution in [0.15, 0.2) is 65.6 Å². The van der Waals surface area contributed by atoms with Gasteiger partial charge >= 0.3 is 0 Å². The first-order valence-corrected chi connectivity index (χ1v) is 11.5. The normalized spacial score (nSPS) is 14.5. The number of carbonyl (C=O) groups excluding carboxylic acids is 1. The van der Waals surface area contributed by atoms with Gasteiger partial charge in [-0.1, -0.05) is 83.6 Å². The van der Waals surface area contributed by atoms with Crippen molar-refractivity contribution in [3.05, 3.63) is 86.7 Å². The maximum atomic E-state index is 12.3. The zero-order valence-corrected chi connectivity index (χ0v) is 20.0. The van der Waals surface area contributed by atoms with E-state index in [1.807, 2.05) is 48.5 Å². The quantitative estimate of drug-likeness (QED) is 0.299. The summed E-state index contributed by atoms with van der Waals surface area (Å²) < 4.78 is 12.2. The molecule has 162 valence electrons. The minimum atomic E-state index is -0.247. The molecular weight excluding hydrogens is 485 g/mol. The van der Waals surface area contributed by atoms with Crippen molar-refractivity contribution >= 4 is 63.5 Å². The highest BCUT2D eigenvalue weighted by atomic mass is 35.5. The van der Waals surface area contributed by atoms with Gasteiger partial charge in [-0.2, -0.15) is 0 Å². The first-order chi connectivity index (χ1) is 15.4. The van der Waals surface area contributed by atoms with E-state index in [1.54, 1.807) is 25.3 Å². The average Bonchev–Trinajstić information content (AvgIpc) is 3.09. The summed E-state index contributed by atoms with van der Waals surface area (Å²) in [6.07, 6.45) is 1.75. The fourth-order valence-corrected chi connectivity index (χ4v) is 4.76. The van der Waals surface area contributed by atoms with E-state index in [0.29, 0.717) is 42.9 Å². The molecule has 0 spiro atoms. The highest BCUT2D eigenvalue weighted by molar-refractivity contribution is 8.26. The van der Waals surface area contributed by atoms with Crippen LogP contribution in [0.3, 0.4) is 0 Å². The molecule has 8 heteroatoms. The summed E-state index contributed by atoms with van der Waals surface area (Å²) in [7, 11) is 1.57. The lowest BCUT2D eigenvalue weighted by molar-refractivity contribution is -0.115. The third kappa shape index (κ3) is 5.10. The van der Waals surface area contributed by atoms with Gasteiger partial charge in [0.05, 0.1) is 12.0 Å². The van der Waals surface area contributed by atoms with E-state index >= 15 is 0 Å². The van der Waals surface area contributed by atoms with Crippen LogP contribution in [0.1, 0.15) is 11.1 Å². The third-order valence-electron chi connectivity index (χ3n) is 4.70. The minimum Gasteiger partial charge on any atom is -0.493 e. The predicted molar refractivity (Wildman–Crippen MR) is 136 cm³/mol. The number of amides is 1. The second-order valence-electron chi connectivity index (χ2n) is 6.85. The van der Waals surface area contributed by atoms with Gasteiger partial charge < -0.3 is 14.8 Å². The number of halogens is 2. The zero-order chi connectivity index (χ0) is 22.7. The van der Waals surface area contributed by atoms with Crippen LogP contribution >= 0.6 is 47.2 Å². The van der Waals surface area contributed by atoms with Gasteiger partial charge in [0.1, 0.15) is 10.9 Å². The Morgan fingerprint density at radius 1 is 1.09 bits per heavy atom. The number of methoxy groups -OCH3 is 1. The summed E-state index contributed by atoms with van der Waals surface area (Å²) in [6, 6.07) is 18.8. The van der Waals surface area contributed by atoms with E-state index in [-0.39, 0.29) is 5.91 Å². The van der Waals surface area contributed by atoms with E-state index in [4.69, 9.17) is 44.9 Å². The lowest BCUT2D eigenvalue weighted by Gasteiger charge is -2.17. The van der Waals surface area contributed by atoms with Crippen molar-refractivity contribution in [2.75, 3.05) is 7.11 Å². The van der Waals surface area contributed by atoms with E-state index in [9.17, 15) is 4.79 Å². The summed E-state index contributed by atoms with van der Waals surface area (Å²) in [5.74, 6) is 0.786. The number of hydrogen-bond acceptors (Lipinski definition) is 5. The molecule has 1 fully saturated rings. The molecule has 0 bridgehead atoms. The van der Waals surface area contributed by atoms with Gasteiger partial charge in [-0.25, -0.2) is 0 Å². The van der Waals surface area contributed by atoms with Crippen LogP contribution in [0.4, 0.5) is 0 Å². The second kappa shape index (κ2) is 9.96. The number of carbonyl (C=O) groups is 1. The smallest absolute Gasteiger partial charge is 0.263 e. The Morgan fingerprint density at radius 3 is 2.53 bits per heavy atom.